The number of rotatable bonds is 4. The zero-order chi connectivity index (χ0) is 11.7. The van der Waals surface area contributed by atoms with Gasteiger partial charge in [0.1, 0.15) is 0 Å². The molecule has 2 saturated heterocycles. The van der Waals surface area contributed by atoms with E-state index in [-0.39, 0.29) is 0 Å². The zero-order valence-electron chi connectivity index (χ0n) is 11.0. The van der Waals surface area contributed by atoms with Gasteiger partial charge in [-0.25, -0.2) is 0 Å². The summed E-state index contributed by atoms with van der Waals surface area (Å²) in [4.78, 5) is 5.36. The third-order valence-corrected chi connectivity index (χ3v) is 5.21. The van der Waals surface area contributed by atoms with Crippen molar-refractivity contribution in [3.63, 3.8) is 0 Å². The molecule has 2 heterocycles. The molecule has 1 saturated carbocycles. The minimum atomic E-state index is 0.443. The van der Waals surface area contributed by atoms with Gasteiger partial charge in [0, 0.05) is 18.6 Å². The van der Waals surface area contributed by atoms with E-state index >= 15 is 0 Å². The van der Waals surface area contributed by atoms with Gasteiger partial charge in [-0.2, -0.15) is 0 Å². The van der Waals surface area contributed by atoms with Crippen LogP contribution in [0.15, 0.2) is 0 Å². The molecule has 3 nitrogen and oxygen atoms in total. The quantitative estimate of drug-likeness (QED) is 0.799. The highest BCUT2D eigenvalue weighted by Gasteiger charge is 2.47. The molecule has 2 N–H and O–H groups in total. The van der Waals surface area contributed by atoms with E-state index in [0.717, 1.165) is 12.5 Å². The number of piperidine rings is 1. The Morgan fingerprint density at radius 3 is 2.18 bits per heavy atom. The van der Waals surface area contributed by atoms with Crippen molar-refractivity contribution in [2.75, 3.05) is 39.3 Å². The summed E-state index contributed by atoms with van der Waals surface area (Å²) in [5.41, 5.74) is 6.36. The first-order valence-corrected chi connectivity index (χ1v) is 7.50. The van der Waals surface area contributed by atoms with Crippen LogP contribution in [0.4, 0.5) is 0 Å². The second kappa shape index (κ2) is 4.87. The highest BCUT2D eigenvalue weighted by atomic mass is 15.2. The van der Waals surface area contributed by atoms with Gasteiger partial charge in [-0.05, 0) is 70.6 Å². The van der Waals surface area contributed by atoms with Crippen LogP contribution < -0.4 is 5.73 Å². The van der Waals surface area contributed by atoms with Gasteiger partial charge in [0.25, 0.3) is 0 Å². The first-order chi connectivity index (χ1) is 8.32. The predicted octanol–water partition coefficient (Wildman–Crippen LogP) is 1.29. The van der Waals surface area contributed by atoms with Crippen LogP contribution in [0.25, 0.3) is 0 Å². The van der Waals surface area contributed by atoms with E-state index in [1.165, 1.54) is 71.2 Å². The van der Waals surface area contributed by atoms with Gasteiger partial charge in [-0.3, -0.25) is 4.90 Å². The van der Waals surface area contributed by atoms with E-state index in [1.54, 1.807) is 0 Å². The summed E-state index contributed by atoms with van der Waals surface area (Å²) in [6.45, 7) is 7.55. The number of nitrogens with zero attached hydrogens (tertiary/aromatic N) is 2. The van der Waals surface area contributed by atoms with Gasteiger partial charge >= 0.3 is 0 Å². The molecule has 0 aromatic carbocycles. The summed E-state index contributed by atoms with van der Waals surface area (Å²) in [6, 6.07) is 0. The monoisotopic (exact) mass is 237 g/mol. The van der Waals surface area contributed by atoms with Crippen LogP contribution in [0, 0.1) is 5.92 Å². The van der Waals surface area contributed by atoms with Crippen molar-refractivity contribution in [3.8, 4) is 0 Å². The Morgan fingerprint density at radius 2 is 1.65 bits per heavy atom. The Bertz CT molecular complexity index is 248. The Balaban J connectivity index is 1.44. The third-order valence-electron chi connectivity index (χ3n) is 5.21. The summed E-state index contributed by atoms with van der Waals surface area (Å²) < 4.78 is 0. The fourth-order valence-electron chi connectivity index (χ4n) is 3.71. The fourth-order valence-corrected chi connectivity index (χ4v) is 3.71. The molecule has 2 aliphatic heterocycles. The number of likely N-dealkylation sites (tertiary alicyclic amines) is 2. The molecular weight excluding hydrogens is 210 g/mol. The summed E-state index contributed by atoms with van der Waals surface area (Å²) in [6.07, 6.45) is 8.35. The maximum absolute atomic E-state index is 5.92. The molecule has 3 fully saturated rings. The first kappa shape index (κ1) is 11.9. The van der Waals surface area contributed by atoms with Crippen molar-refractivity contribution in [3.05, 3.63) is 0 Å². The highest BCUT2D eigenvalue weighted by Crippen LogP contribution is 2.42. The number of hydrogen-bond donors (Lipinski definition) is 1. The molecule has 0 radical (unpaired) electrons. The van der Waals surface area contributed by atoms with Crippen LogP contribution in [-0.2, 0) is 0 Å². The lowest BCUT2D eigenvalue weighted by atomic mass is 9.94. The number of hydrogen-bond acceptors (Lipinski definition) is 3. The Labute approximate surface area is 105 Å². The van der Waals surface area contributed by atoms with Crippen molar-refractivity contribution < 1.29 is 0 Å². The van der Waals surface area contributed by atoms with Gasteiger partial charge < -0.3 is 10.6 Å². The molecule has 0 spiro atoms. The third kappa shape index (κ3) is 2.51. The standard InChI is InChI=1S/C14H27N3/c15-12-14(5-6-14)17-9-3-13(4-10-17)11-16-7-1-2-8-16/h13H,1-12,15H2. The van der Waals surface area contributed by atoms with Gasteiger partial charge in [0.15, 0.2) is 0 Å². The summed E-state index contributed by atoms with van der Waals surface area (Å²) in [5.74, 6) is 0.956. The Kier molecular flexibility index (Phi) is 3.42. The van der Waals surface area contributed by atoms with Crippen LogP contribution >= 0.6 is 0 Å². The van der Waals surface area contributed by atoms with Gasteiger partial charge in [-0.1, -0.05) is 0 Å². The van der Waals surface area contributed by atoms with Crippen LogP contribution in [-0.4, -0.2) is 54.6 Å². The topological polar surface area (TPSA) is 32.5 Å². The van der Waals surface area contributed by atoms with E-state index in [4.69, 9.17) is 5.73 Å². The molecule has 0 unspecified atom stereocenters. The van der Waals surface area contributed by atoms with E-state index in [2.05, 4.69) is 9.80 Å². The van der Waals surface area contributed by atoms with Crippen LogP contribution in [0.1, 0.15) is 38.5 Å². The second-order valence-electron chi connectivity index (χ2n) is 6.37. The van der Waals surface area contributed by atoms with Crippen molar-refractivity contribution in [2.24, 2.45) is 11.7 Å². The molecule has 3 aliphatic rings. The molecular formula is C14H27N3. The van der Waals surface area contributed by atoms with E-state index in [9.17, 15) is 0 Å². The molecule has 98 valence electrons. The largest absolute Gasteiger partial charge is 0.329 e. The van der Waals surface area contributed by atoms with Crippen LogP contribution in [0.5, 0.6) is 0 Å². The second-order valence-corrected chi connectivity index (χ2v) is 6.37. The van der Waals surface area contributed by atoms with Crippen molar-refractivity contribution >= 4 is 0 Å². The van der Waals surface area contributed by atoms with Gasteiger partial charge in [0.05, 0.1) is 0 Å². The lowest BCUT2D eigenvalue weighted by Crippen LogP contribution is -2.48. The first-order valence-electron chi connectivity index (χ1n) is 7.50. The van der Waals surface area contributed by atoms with Gasteiger partial charge in [-0.15, -0.1) is 0 Å². The zero-order valence-corrected chi connectivity index (χ0v) is 11.0. The molecule has 0 aromatic rings. The molecule has 0 atom stereocenters. The van der Waals surface area contributed by atoms with Crippen molar-refractivity contribution in [2.45, 2.75) is 44.1 Å². The SMILES string of the molecule is NCC1(N2CCC(CN3CCCC3)CC2)CC1. The van der Waals surface area contributed by atoms with E-state index < -0.39 is 0 Å². The molecule has 17 heavy (non-hydrogen) atoms. The number of nitrogens with two attached hydrogens (primary N) is 1. The fraction of sp³-hybridized carbons (Fsp3) is 1.00. The smallest absolute Gasteiger partial charge is 0.0333 e. The summed E-state index contributed by atoms with van der Waals surface area (Å²) in [5, 5.41) is 0. The van der Waals surface area contributed by atoms with E-state index in [0.29, 0.717) is 5.54 Å². The Hall–Kier alpha value is -0.120. The average Bonchev–Trinajstić information content (AvgIpc) is 3.01. The lowest BCUT2D eigenvalue weighted by Gasteiger charge is -2.38. The normalized spacial score (nSPS) is 30.9. The molecule has 1 aliphatic carbocycles. The maximum atomic E-state index is 5.92. The van der Waals surface area contributed by atoms with E-state index in [1.807, 2.05) is 0 Å². The predicted molar refractivity (Wildman–Crippen MR) is 71.0 cm³/mol. The van der Waals surface area contributed by atoms with Crippen molar-refractivity contribution in [1.29, 1.82) is 0 Å². The van der Waals surface area contributed by atoms with Gasteiger partial charge in [0.2, 0.25) is 0 Å². The molecule has 3 heteroatoms. The summed E-state index contributed by atoms with van der Waals surface area (Å²) >= 11 is 0. The van der Waals surface area contributed by atoms with Crippen molar-refractivity contribution in [1.82, 2.24) is 9.80 Å². The Morgan fingerprint density at radius 1 is 1.00 bits per heavy atom. The molecule has 0 amide bonds. The molecule has 0 aromatic heterocycles. The minimum Gasteiger partial charge on any atom is -0.329 e. The minimum absolute atomic E-state index is 0.443. The lowest BCUT2D eigenvalue weighted by molar-refractivity contribution is 0.106. The average molecular weight is 237 g/mol. The van der Waals surface area contributed by atoms with Crippen LogP contribution in [0.3, 0.4) is 0 Å². The summed E-state index contributed by atoms with van der Waals surface area (Å²) in [7, 11) is 0. The molecule has 0 bridgehead atoms. The maximum Gasteiger partial charge on any atom is 0.0333 e. The highest BCUT2D eigenvalue weighted by molar-refractivity contribution is 5.05. The van der Waals surface area contributed by atoms with Crippen LogP contribution in [0.2, 0.25) is 0 Å². The molecule has 3 rings (SSSR count).